The average Bonchev–Trinajstić information content (AvgIpc) is 2.48. The van der Waals surface area contributed by atoms with Gasteiger partial charge in [-0.05, 0) is 51.0 Å². The van der Waals surface area contributed by atoms with Crippen LogP contribution in [0.1, 0.15) is 33.6 Å². The highest BCUT2D eigenvalue weighted by atomic mass is 32.2. The molecule has 0 aromatic carbocycles. The number of ether oxygens (including phenoxy) is 1. The summed E-state index contributed by atoms with van der Waals surface area (Å²) < 4.78 is 5.15. The van der Waals surface area contributed by atoms with Crippen molar-refractivity contribution in [2.75, 3.05) is 18.1 Å². The molecule has 1 amide bonds. The Hall–Kier alpha value is -0.910. The summed E-state index contributed by atoms with van der Waals surface area (Å²) in [6.07, 6.45) is 1.01. The topological polar surface area (TPSA) is 75.6 Å². The van der Waals surface area contributed by atoms with E-state index in [1.807, 2.05) is 0 Å². The number of amides is 1. The van der Waals surface area contributed by atoms with E-state index < -0.39 is 17.7 Å². The molecule has 0 spiro atoms. The molecule has 110 valence electrons. The smallest absolute Gasteiger partial charge is 0.407 e. The third-order valence-electron chi connectivity index (χ3n) is 3.00. The van der Waals surface area contributed by atoms with Gasteiger partial charge in [-0.15, -0.1) is 0 Å². The molecule has 0 bridgehead atoms. The third-order valence-corrected chi connectivity index (χ3v) is 4.05. The number of thioether (sulfide) groups is 1. The highest BCUT2D eigenvalue weighted by Gasteiger charge is 2.30. The van der Waals surface area contributed by atoms with Crippen molar-refractivity contribution in [3.8, 4) is 0 Å². The van der Waals surface area contributed by atoms with Gasteiger partial charge in [0.05, 0.1) is 5.92 Å². The minimum absolute atomic E-state index is 0.0139. The summed E-state index contributed by atoms with van der Waals surface area (Å²) >= 11 is 1.78. The predicted molar refractivity (Wildman–Crippen MR) is 75.4 cm³/mol. The molecule has 2 N–H and O–H groups in total. The molecule has 1 saturated heterocycles. The number of carboxylic acids is 1. The van der Waals surface area contributed by atoms with E-state index in [1.165, 1.54) is 0 Å². The van der Waals surface area contributed by atoms with E-state index in [9.17, 15) is 14.7 Å². The number of carbonyl (C=O) groups excluding carboxylic acids is 1. The quantitative estimate of drug-likeness (QED) is 0.834. The van der Waals surface area contributed by atoms with Crippen LogP contribution in [0.25, 0.3) is 0 Å². The SMILES string of the molecule is CC(C)(C)OC(=O)NCC1CCSCCC1C(=O)O. The maximum atomic E-state index is 11.6. The van der Waals surface area contributed by atoms with Crippen molar-refractivity contribution in [1.29, 1.82) is 0 Å². The number of rotatable bonds is 3. The van der Waals surface area contributed by atoms with Crippen LogP contribution in [0.2, 0.25) is 0 Å². The fourth-order valence-electron chi connectivity index (χ4n) is 2.08. The number of alkyl carbamates (subject to hydrolysis) is 1. The highest BCUT2D eigenvalue weighted by molar-refractivity contribution is 7.99. The number of hydrogen-bond acceptors (Lipinski definition) is 4. The Morgan fingerprint density at radius 3 is 2.53 bits per heavy atom. The Bertz CT molecular complexity index is 327. The second-order valence-corrected chi connectivity index (χ2v) is 7.00. The van der Waals surface area contributed by atoms with Gasteiger partial charge < -0.3 is 15.2 Å². The molecule has 1 heterocycles. The molecule has 6 heteroatoms. The molecule has 1 fully saturated rings. The molecule has 1 aliphatic rings. The Labute approximate surface area is 118 Å². The minimum Gasteiger partial charge on any atom is -0.481 e. The predicted octanol–water partition coefficient (Wildman–Crippen LogP) is 2.36. The van der Waals surface area contributed by atoms with E-state index in [0.717, 1.165) is 17.9 Å². The molecule has 1 rings (SSSR count). The van der Waals surface area contributed by atoms with Gasteiger partial charge in [-0.1, -0.05) is 0 Å². The third kappa shape index (κ3) is 6.18. The molecule has 0 aliphatic carbocycles. The number of carboxylic acid groups (broad SMARTS) is 1. The summed E-state index contributed by atoms with van der Waals surface area (Å²) in [5, 5.41) is 11.9. The fourth-order valence-corrected chi connectivity index (χ4v) is 3.18. The van der Waals surface area contributed by atoms with E-state index in [2.05, 4.69) is 5.32 Å². The van der Waals surface area contributed by atoms with Gasteiger partial charge in [0.1, 0.15) is 5.60 Å². The lowest BCUT2D eigenvalue weighted by Gasteiger charge is -2.24. The maximum Gasteiger partial charge on any atom is 0.407 e. The van der Waals surface area contributed by atoms with Crippen molar-refractivity contribution in [2.24, 2.45) is 11.8 Å². The van der Waals surface area contributed by atoms with Gasteiger partial charge in [-0.2, -0.15) is 11.8 Å². The van der Waals surface area contributed by atoms with Gasteiger partial charge in [0.25, 0.3) is 0 Å². The summed E-state index contributed by atoms with van der Waals surface area (Å²) in [6, 6.07) is 0. The number of carbonyl (C=O) groups is 2. The highest BCUT2D eigenvalue weighted by Crippen LogP contribution is 2.27. The van der Waals surface area contributed by atoms with Crippen molar-refractivity contribution in [1.82, 2.24) is 5.32 Å². The number of nitrogens with one attached hydrogen (secondary N) is 1. The van der Waals surface area contributed by atoms with Crippen LogP contribution >= 0.6 is 11.8 Å². The summed E-state index contributed by atoms with van der Waals surface area (Å²) in [5.74, 6) is 0.674. The average molecular weight is 289 g/mol. The second kappa shape index (κ2) is 7.03. The van der Waals surface area contributed by atoms with Gasteiger partial charge in [0.15, 0.2) is 0 Å². The lowest BCUT2D eigenvalue weighted by Crippen LogP contribution is -2.38. The summed E-state index contributed by atoms with van der Waals surface area (Å²) in [7, 11) is 0. The molecule has 2 unspecified atom stereocenters. The molecule has 0 radical (unpaired) electrons. The molecule has 0 saturated carbocycles. The molecule has 19 heavy (non-hydrogen) atoms. The molecule has 5 nitrogen and oxygen atoms in total. The fraction of sp³-hybridized carbons (Fsp3) is 0.846. The molecule has 1 aliphatic heterocycles. The van der Waals surface area contributed by atoms with Crippen LogP contribution in [0.3, 0.4) is 0 Å². The van der Waals surface area contributed by atoms with Crippen molar-refractivity contribution < 1.29 is 19.4 Å². The lowest BCUT2D eigenvalue weighted by molar-refractivity contribution is -0.143. The Morgan fingerprint density at radius 2 is 1.95 bits per heavy atom. The van der Waals surface area contributed by atoms with Crippen LogP contribution < -0.4 is 5.32 Å². The molecule has 2 atom stereocenters. The summed E-state index contributed by atoms with van der Waals surface area (Å²) in [4.78, 5) is 22.8. The van der Waals surface area contributed by atoms with Crippen LogP contribution in [0, 0.1) is 11.8 Å². The van der Waals surface area contributed by atoms with Crippen molar-refractivity contribution in [2.45, 2.75) is 39.2 Å². The Balaban J connectivity index is 2.48. The van der Waals surface area contributed by atoms with Crippen molar-refractivity contribution in [3.05, 3.63) is 0 Å². The van der Waals surface area contributed by atoms with Gasteiger partial charge in [-0.3, -0.25) is 4.79 Å². The van der Waals surface area contributed by atoms with Crippen LogP contribution in [-0.4, -0.2) is 40.8 Å². The summed E-state index contributed by atoms with van der Waals surface area (Å²) in [6.45, 7) is 5.77. The zero-order valence-corrected chi connectivity index (χ0v) is 12.6. The second-order valence-electron chi connectivity index (χ2n) is 5.78. The van der Waals surface area contributed by atoms with Crippen molar-refractivity contribution >= 4 is 23.8 Å². The molecule has 0 aromatic rings. The van der Waals surface area contributed by atoms with Gasteiger partial charge >= 0.3 is 12.1 Å². The number of hydrogen-bond donors (Lipinski definition) is 2. The largest absolute Gasteiger partial charge is 0.481 e. The molecular formula is C13H23NO4S. The standard InChI is InChI=1S/C13H23NO4S/c1-13(2,3)18-12(17)14-8-9-4-6-19-7-5-10(9)11(15)16/h9-10H,4-8H2,1-3H3,(H,14,17)(H,15,16). The van der Waals surface area contributed by atoms with Gasteiger partial charge in [0.2, 0.25) is 0 Å². The van der Waals surface area contributed by atoms with E-state index in [-0.39, 0.29) is 11.8 Å². The van der Waals surface area contributed by atoms with E-state index in [1.54, 1.807) is 32.5 Å². The zero-order valence-electron chi connectivity index (χ0n) is 11.8. The number of aliphatic carboxylic acids is 1. The van der Waals surface area contributed by atoms with Crippen LogP contribution in [0.15, 0.2) is 0 Å². The first-order valence-corrected chi connectivity index (χ1v) is 7.72. The first kappa shape index (κ1) is 16.1. The van der Waals surface area contributed by atoms with Crippen LogP contribution in [0.4, 0.5) is 4.79 Å². The molecular weight excluding hydrogens is 266 g/mol. The van der Waals surface area contributed by atoms with Gasteiger partial charge in [0, 0.05) is 6.54 Å². The van der Waals surface area contributed by atoms with Gasteiger partial charge in [-0.25, -0.2) is 4.79 Å². The normalized spacial score (nSPS) is 24.4. The monoisotopic (exact) mass is 289 g/mol. The Kier molecular flexibility index (Phi) is 5.97. The molecule has 0 aromatic heterocycles. The van der Waals surface area contributed by atoms with E-state index in [4.69, 9.17) is 4.74 Å². The lowest BCUT2D eigenvalue weighted by atomic mass is 9.88. The first-order chi connectivity index (χ1) is 8.79. The van der Waals surface area contributed by atoms with Crippen LogP contribution in [0.5, 0.6) is 0 Å². The van der Waals surface area contributed by atoms with E-state index >= 15 is 0 Å². The van der Waals surface area contributed by atoms with Crippen molar-refractivity contribution in [3.63, 3.8) is 0 Å². The van der Waals surface area contributed by atoms with Crippen LogP contribution in [-0.2, 0) is 9.53 Å². The summed E-state index contributed by atoms with van der Waals surface area (Å²) in [5.41, 5.74) is -0.532. The minimum atomic E-state index is -0.765. The van der Waals surface area contributed by atoms with E-state index in [0.29, 0.717) is 13.0 Å². The maximum absolute atomic E-state index is 11.6. The Morgan fingerprint density at radius 1 is 1.32 bits per heavy atom. The zero-order chi connectivity index (χ0) is 14.5. The first-order valence-electron chi connectivity index (χ1n) is 6.57.